The van der Waals surface area contributed by atoms with E-state index in [1.807, 2.05) is 0 Å². The first-order valence-electron chi connectivity index (χ1n) is 5.69. The van der Waals surface area contributed by atoms with Crippen molar-refractivity contribution in [3.8, 4) is 0 Å². The van der Waals surface area contributed by atoms with Crippen LogP contribution in [0.3, 0.4) is 0 Å². The molecule has 1 aromatic carbocycles. The van der Waals surface area contributed by atoms with E-state index < -0.39 is 0 Å². The highest BCUT2D eigenvalue weighted by molar-refractivity contribution is 6.35. The normalized spacial score (nSPS) is 10.6. The maximum absolute atomic E-state index is 5.90. The first-order chi connectivity index (χ1) is 8.67. The lowest BCUT2D eigenvalue weighted by molar-refractivity contribution is 0.377. The van der Waals surface area contributed by atoms with Crippen LogP contribution in [-0.4, -0.2) is 10.1 Å². The Balaban J connectivity index is 1.97. The Bertz CT molecular complexity index is 508. The summed E-state index contributed by atoms with van der Waals surface area (Å²) in [6.45, 7) is 2.52. The van der Waals surface area contributed by atoms with E-state index in [-0.39, 0.29) is 0 Å². The Labute approximate surface area is 115 Å². The average Bonchev–Trinajstić information content (AvgIpc) is 2.74. The number of hydrogen-bond donors (Lipinski definition) is 1. The van der Waals surface area contributed by atoms with E-state index in [1.54, 1.807) is 18.2 Å². The second kappa shape index (κ2) is 6.07. The van der Waals surface area contributed by atoms with Crippen LogP contribution in [0.25, 0.3) is 0 Å². The first kappa shape index (κ1) is 13.2. The molecule has 0 amide bonds. The molecule has 96 valence electrons. The molecule has 0 aliphatic heterocycles. The van der Waals surface area contributed by atoms with Gasteiger partial charge in [0.2, 0.25) is 5.89 Å². The van der Waals surface area contributed by atoms with Gasteiger partial charge in [0.25, 0.3) is 0 Å². The van der Waals surface area contributed by atoms with E-state index in [1.165, 1.54) is 0 Å². The number of halogens is 2. The number of benzene rings is 1. The molecule has 0 radical (unpaired) electrons. The zero-order chi connectivity index (χ0) is 13.0. The number of aromatic nitrogens is 2. The summed E-state index contributed by atoms with van der Waals surface area (Å²) in [4.78, 5) is 4.25. The van der Waals surface area contributed by atoms with Gasteiger partial charge < -0.3 is 9.84 Å². The van der Waals surface area contributed by atoms with Crippen molar-refractivity contribution in [2.75, 3.05) is 5.32 Å². The van der Waals surface area contributed by atoms with Gasteiger partial charge in [0.1, 0.15) is 0 Å². The number of nitrogens with one attached hydrogen (secondary N) is 1. The molecular weight excluding hydrogens is 273 g/mol. The molecule has 0 bridgehead atoms. The van der Waals surface area contributed by atoms with Crippen LogP contribution >= 0.6 is 23.2 Å². The minimum absolute atomic E-state index is 0.452. The first-order valence-corrected chi connectivity index (χ1v) is 6.44. The molecule has 18 heavy (non-hydrogen) atoms. The highest BCUT2D eigenvalue weighted by atomic mass is 35.5. The van der Waals surface area contributed by atoms with Crippen molar-refractivity contribution < 1.29 is 4.52 Å². The Hall–Kier alpha value is -1.26. The van der Waals surface area contributed by atoms with Gasteiger partial charge in [-0.25, -0.2) is 0 Å². The van der Waals surface area contributed by atoms with Crippen molar-refractivity contribution in [1.82, 2.24) is 10.1 Å². The summed E-state index contributed by atoms with van der Waals surface area (Å²) in [7, 11) is 0. The molecule has 1 aromatic heterocycles. The summed E-state index contributed by atoms with van der Waals surface area (Å²) in [5.74, 6) is 1.29. The van der Waals surface area contributed by atoms with Crippen molar-refractivity contribution in [2.45, 2.75) is 26.3 Å². The van der Waals surface area contributed by atoms with Crippen LogP contribution in [0.1, 0.15) is 25.1 Å². The fraction of sp³-hybridized carbons (Fsp3) is 0.333. The van der Waals surface area contributed by atoms with Crippen LogP contribution in [0.2, 0.25) is 10.0 Å². The van der Waals surface area contributed by atoms with Crippen molar-refractivity contribution in [1.29, 1.82) is 0 Å². The maximum atomic E-state index is 5.90. The molecule has 2 aromatic rings. The predicted octanol–water partition coefficient (Wildman–Crippen LogP) is 3.94. The fourth-order valence-corrected chi connectivity index (χ4v) is 2.05. The number of hydrogen-bond acceptors (Lipinski definition) is 4. The largest absolute Gasteiger partial charge is 0.376 e. The average molecular weight is 286 g/mol. The summed E-state index contributed by atoms with van der Waals surface area (Å²) in [5, 5.41) is 8.18. The zero-order valence-corrected chi connectivity index (χ0v) is 11.4. The lowest BCUT2D eigenvalue weighted by Crippen LogP contribution is -2.00. The smallest absolute Gasteiger partial charge is 0.245 e. The van der Waals surface area contributed by atoms with E-state index in [0.717, 1.165) is 24.4 Å². The third-order valence-electron chi connectivity index (χ3n) is 2.29. The lowest BCUT2D eigenvalue weighted by atomic mass is 10.3. The maximum Gasteiger partial charge on any atom is 0.245 e. The van der Waals surface area contributed by atoms with Gasteiger partial charge in [0.05, 0.1) is 6.54 Å². The van der Waals surface area contributed by atoms with Gasteiger partial charge in [-0.05, 0) is 24.6 Å². The van der Waals surface area contributed by atoms with Gasteiger partial charge in [-0.3, -0.25) is 0 Å². The number of anilines is 1. The van der Waals surface area contributed by atoms with Crippen molar-refractivity contribution >= 4 is 28.9 Å². The van der Waals surface area contributed by atoms with Crippen LogP contribution in [-0.2, 0) is 13.0 Å². The lowest BCUT2D eigenvalue weighted by Gasteiger charge is -2.04. The van der Waals surface area contributed by atoms with Gasteiger partial charge in [-0.2, -0.15) is 4.98 Å². The topological polar surface area (TPSA) is 51.0 Å². The molecule has 0 aliphatic carbocycles. The number of rotatable bonds is 5. The van der Waals surface area contributed by atoms with Crippen LogP contribution in [0.4, 0.5) is 5.69 Å². The Kier molecular flexibility index (Phi) is 4.44. The molecule has 0 fully saturated rings. The Morgan fingerprint density at radius 3 is 2.61 bits per heavy atom. The molecule has 1 N–H and O–H groups in total. The summed E-state index contributed by atoms with van der Waals surface area (Å²) >= 11 is 11.8. The summed E-state index contributed by atoms with van der Waals surface area (Å²) < 4.78 is 5.11. The van der Waals surface area contributed by atoms with E-state index in [2.05, 4.69) is 22.4 Å². The van der Waals surface area contributed by atoms with Crippen LogP contribution in [0, 0.1) is 0 Å². The quantitative estimate of drug-likeness (QED) is 0.904. The third kappa shape index (κ3) is 3.62. The van der Waals surface area contributed by atoms with Gasteiger partial charge >= 0.3 is 0 Å². The monoisotopic (exact) mass is 285 g/mol. The highest BCUT2D eigenvalue weighted by Crippen LogP contribution is 2.22. The highest BCUT2D eigenvalue weighted by Gasteiger charge is 2.05. The molecule has 0 saturated heterocycles. The molecule has 2 rings (SSSR count). The fourth-order valence-electron chi connectivity index (χ4n) is 1.52. The zero-order valence-electron chi connectivity index (χ0n) is 9.91. The van der Waals surface area contributed by atoms with Crippen molar-refractivity contribution in [3.63, 3.8) is 0 Å². The molecule has 0 unspecified atom stereocenters. The molecule has 0 saturated carbocycles. The van der Waals surface area contributed by atoms with Gasteiger partial charge in [-0.1, -0.05) is 35.3 Å². The summed E-state index contributed by atoms with van der Waals surface area (Å²) in [6.07, 6.45) is 1.82. The third-order valence-corrected chi connectivity index (χ3v) is 2.73. The van der Waals surface area contributed by atoms with Crippen LogP contribution < -0.4 is 5.32 Å². The second-order valence-corrected chi connectivity index (χ2v) is 4.74. The molecule has 0 spiro atoms. The molecular formula is C12H13Cl2N3O. The van der Waals surface area contributed by atoms with E-state index in [0.29, 0.717) is 22.5 Å². The molecule has 1 heterocycles. The van der Waals surface area contributed by atoms with Crippen molar-refractivity contribution in [2.24, 2.45) is 0 Å². The van der Waals surface area contributed by atoms with Gasteiger partial charge in [-0.15, -0.1) is 0 Å². The standard InChI is InChI=1S/C12H13Cl2N3O/c1-2-3-11-16-12(18-17-11)7-15-10-5-8(13)4-9(14)6-10/h4-6,15H,2-3,7H2,1H3. The number of aryl methyl sites for hydroxylation is 1. The molecule has 6 heteroatoms. The van der Waals surface area contributed by atoms with E-state index in [9.17, 15) is 0 Å². The van der Waals surface area contributed by atoms with Crippen LogP contribution in [0.15, 0.2) is 22.7 Å². The van der Waals surface area contributed by atoms with Crippen molar-refractivity contribution in [3.05, 3.63) is 40.0 Å². The molecule has 0 aliphatic rings. The van der Waals surface area contributed by atoms with E-state index >= 15 is 0 Å². The number of nitrogens with zero attached hydrogens (tertiary/aromatic N) is 2. The summed E-state index contributed by atoms with van der Waals surface area (Å²) in [5.41, 5.74) is 0.822. The summed E-state index contributed by atoms with van der Waals surface area (Å²) in [6, 6.07) is 5.26. The second-order valence-electron chi connectivity index (χ2n) is 3.87. The minimum atomic E-state index is 0.452. The van der Waals surface area contributed by atoms with Gasteiger partial charge in [0, 0.05) is 22.2 Å². The van der Waals surface area contributed by atoms with Crippen LogP contribution in [0.5, 0.6) is 0 Å². The Morgan fingerprint density at radius 1 is 1.22 bits per heavy atom. The van der Waals surface area contributed by atoms with E-state index in [4.69, 9.17) is 27.7 Å². The molecule has 0 atom stereocenters. The Morgan fingerprint density at radius 2 is 1.94 bits per heavy atom. The molecule has 4 nitrogen and oxygen atoms in total. The van der Waals surface area contributed by atoms with Gasteiger partial charge in [0.15, 0.2) is 5.82 Å². The SMILES string of the molecule is CCCc1noc(CNc2cc(Cl)cc(Cl)c2)n1. The predicted molar refractivity (Wildman–Crippen MR) is 72.1 cm³/mol. The minimum Gasteiger partial charge on any atom is -0.376 e.